The second-order valence-electron chi connectivity index (χ2n) is 22.2. The van der Waals surface area contributed by atoms with Crippen molar-refractivity contribution in [2.45, 2.75) is 165 Å². The highest BCUT2D eigenvalue weighted by Gasteiger charge is 2.50. The highest BCUT2D eigenvalue weighted by molar-refractivity contribution is 5.90. The largest absolute Gasteiger partial charge is 0.508 e. The van der Waals surface area contributed by atoms with E-state index in [1.165, 1.54) is 28.7 Å². The van der Waals surface area contributed by atoms with Crippen molar-refractivity contribution in [3.63, 3.8) is 0 Å². The highest BCUT2D eigenvalue weighted by Crippen LogP contribution is 2.60. The Kier molecular flexibility index (Phi) is 14.1. The number of nitrogens with zero attached hydrogens (tertiary/aromatic N) is 1. The lowest BCUT2D eigenvalue weighted by Gasteiger charge is -2.50. The predicted molar refractivity (Wildman–Crippen MR) is 273 cm³/mol. The number of ketones is 1. The van der Waals surface area contributed by atoms with Crippen molar-refractivity contribution >= 4 is 11.7 Å². The van der Waals surface area contributed by atoms with Crippen LogP contribution in [0.4, 0.5) is 0 Å². The summed E-state index contributed by atoms with van der Waals surface area (Å²) < 4.78 is 13.1. The summed E-state index contributed by atoms with van der Waals surface area (Å²) in [6, 6.07) is 15.1. The van der Waals surface area contributed by atoms with E-state index in [-0.39, 0.29) is 77.6 Å². The SMILES string of the molecule is CCCC(=CC(=O)CCc1cc(OC2CCCC2)c(O)c2c1C#CCC1CC3C=C4C(CC(C)CC4C2C3COC)c2cc(O)cc(c2)Cc2ccc3c(c2)C2(CCCCC2CC3)NC(N)=N1)CO. The van der Waals surface area contributed by atoms with Gasteiger partial charge in [-0.1, -0.05) is 80.9 Å². The molecule has 9 unspecified atom stereocenters. The number of phenolic OH excluding ortho intramolecular Hbond substituents is 2. The van der Waals surface area contributed by atoms with E-state index >= 15 is 0 Å². The van der Waals surface area contributed by atoms with Gasteiger partial charge in [-0.3, -0.25) is 4.79 Å². The third kappa shape index (κ3) is 9.62. The van der Waals surface area contributed by atoms with Crippen LogP contribution in [0.15, 0.2) is 70.8 Å². The molecule has 3 aromatic carbocycles. The molecule has 1 spiro atoms. The quantitative estimate of drug-likeness (QED) is 0.0726. The molecule has 0 radical (unpaired) electrons. The van der Waals surface area contributed by atoms with Crippen molar-refractivity contribution in [3.8, 4) is 29.1 Å². The average Bonchev–Trinajstić information content (AvgIpc) is 3.85. The topological polar surface area (TPSA) is 147 Å². The summed E-state index contributed by atoms with van der Waals surface area (Å²) in [5, 5.41) is 38.6. The van der Waals surface area contributed by atoms with Crippen LogP contribution in [0.25, 0.3) is 0 Å². The first-order chi connectivity index (χ1) is 33.5. The molecular formula is C60H75N3O6. The number of fused-ring (bicyclic) bond motifs is 9. The van der Waals surface area contributed by atoms with Crippen LogP contribution in [0.5, 0.6) is 17.2 Å². The Morgan fingerprint density at radius 1 is 1.00 bits per heavy atom. The summed E-state index contributed by atoms with van der Waals surface area (Å²) in [5.41, 5.74) is 17.7. The molecule has 0 amide bonds. The number of aliphatic imine (C=N–C) groups is 1. The molecule has 1 heterocycles. The number of guanidine groups is 1. The lowest BCUT2D eigenvalue weighted by atomic mass is 9.55. The number of benzene rings is 3. The van der Waals surface area contributed by atoms with E-state index in [9.17, 15) is 20.1 Å². The van der Waals surface area contributed by atoms with E-state index in [4.69, 9.17) is 20.2 Å². The number of rotatable bonds is 11. The van der Waals surface area contributed by atoms with Gasteiger partial charge in [0.2, 0.25) is 0 Å². The normalized spacial score (nSPS) is 29.6. The van der Waals surface area contributed by atoms with Gasteiger partial charge in [-0.05, 0) is 183 Å². The van der Waals surface area contributed by atoms with Gasteiger partial charge in [0.15, 0.2) is 23.2 Å². The summed E-state index contributed by atoms with van der Waals surface area (Å²) in [6.07, 6.45) is 20.7. The first-order valence-corrected chi connectivity index (χ1v) is 26.7. The molecule has 3 saturated carbocycles. The van der Waals surface area contributed by atoms with E-state index in [1.54, 1.807) is 13.2 Å². The van der Waals surface area contributed by atoms with Gasteiger partial charge < -0.3 is 35.8 Å². The first kappa shape index (κ1) is 47.6. The third-order valence-electron chi connectivity index (χ3n) is 17.5. The third-order valence-corrected chi connectivity index (χ3v) is 17.5. The van der Waals surface area contributed by atoms with Gasteiger partial charge in [0.25, 0.3) is 0 Å². The second-order valence-corrected chi connectivity index (χ2v) is 22.2. The van der Waals surface area contributed by atoms with Gasteiger partial charge in [0, 0.05) is 42.9 Å². The van der Waals surface area contributed by atoms with Crippen LogP contribution in [-0.2, 0) is 34.3 Å². The summed E-state index contributed by atoms with van der Waals surface area (Å²) in [5.74, 6) is 9.27. The van der Waals surface area contributed by atoms with Crippen LogP contribution in [0.2, 0.25) is 0 Å². The van der Waals surface area contributed by atoms with Gasteiger partial charge in [0.05, 0.1) is 30.9 Å². The number of hydrogen-bond acceptors (Lipinski definition) is 9. The fourth-order valence-corrected chi connectivity index (χ4v) is 14.5. The number of nitrogens with one attached hydrogen (secondary N) is 1. The Morgan fingerprint density at radius 2 is 1.84 bits per heavy atom. The molecule has 6 aliphatic carbocycles. The first-order valence-electron chi connectivity index (χ1n) is 26.7. The molecule has 3 fully saturated rings. The minimum atomic E-state index is -0.325. The number of aliphatic hydroxyl groups is 1. The number of aromatic hydroxyl groups is 2. The molecule has 0 aromatic heterocycles. The lowest BCUT2D eigenvalue weighted by Crippen LogP contribution is -2.57. The smallest absolute Gasteiger partial charge is 0.189 e. The lowest BCUT2D eigenvalue weighted by molar-refractivity contribution is -0.114. The number of aliphatic hydroxyl groups excluding tert-OH is 1. The maximum atomic E-state index is 13.7. The van der Waals surface area contributed by atoms with Gasteiger partial charge in [-0.15, -0.1) is 0 Å². The molecular weight excluding hydrogens is 859 g/mol. The van der Waals surface area contributed by atoms with Crippen LogP contribution in [0.1, 0.15) is 173 Å². The van der Waals surface area contributed by atoms with E-state index in [0.29, 0.717) is 62.3 Å². The molecule has 366 valence electrons. The Hall–Kier alpha value is -5.04. The van der Waals surface area contributed by atoms with Gasteiger partial charge in [0.1, 0.15) is 5.75 Å². The number of hydrogen-bond donors (Lipinski definition) is 5. The van der Waals surface area contributed by atoms with E-state index < -0.39 is 0 Å². The molecule has 1 aliphatic heterocycles. The summed E-state index contributed by atoms with van der Waals surface area (Å²) in [4.78, 5) is 19.2. The molecule has 3 aromatic rings. The number of allylic oxidation sites excluding steroid dienone is 3. The second kappa shape index (κ2) is 20.4. The van der Waals surface area contributed by atoms with Crippen LogP contribution >= 0.6 is 0 Å². The number of methoxy groups -OCH3 is 1. The van der Waals surface area contributed by atoms with Crippen molar-refractivity contribution in [2.75, 3.05) is 20.3 Å². The number of carbonyl (C=O) groups excluding carboxylic acids is 1. The summed E-state index contributed by atoms with van der Waals surface area (Å²) >= 11 is 0. The number of ether oxygens (including phenoxy) is 2. The van der Waals surface area contributed by atoms with Crippen molar-refractivity contribution in [2.24, 2.45) is 40.3 Å². The zero-order chi connectivity index (χ0) is 47.8. The van der Waals surface area contributed by atoms with E-state index in [0.717, 1.165) is 110 Å². The Labute approximate surface area is 410 Å². The number of nitrogens with two attached hydrogens (primary N) is 1. The van der Waals surface area contributed by atoms with Crippen molar-refractivity contribution < 1.29 is 29.6 Å². The molecule has 10 rings (SSSR count). The molecule has 0 saturated heterocycles. The standard InChI is InChI=1S/C60H75N3O6/c1-4-10-38(34-64)27-46(65)21-19-41-33-55(69-48-13-5-6-14-48)58(67)57-49(41)15-9-12-45-30-43-32-51-50(23-36(2)24-52(51)56(57)53(43)35-68-3)42-26-39(28-47(66)31-42)25-37-16-17-40-18-20-44-11-7-8-22-60(44,54(40)29-37)63-59(61)62-45/h16-17,26-29,31-33,36,43-45,48,50,52-53,56,64,66-67H,4-8,10-14,18-25,30,34-35H2,1-3H3,(H3,61,62,63). The van der Waals surface area contributed by atoms with E-state index in [1.807, 2.05) is 18.2 Å². The van der Waals surface area contributed by atoms with Gasteiger partial charge >= 0.3 is 0 Å². The summed E-state index contributed by atoms with van der Waals surface area (Å²) in [6.45, 7) is 4.74. The molecule has 9 atom stereocenters. The maximum Gasteiger partial charge on any atom is 0.189 e. The maximum absolute atomic E-state index is 13.7. The minimum Gasteiger partial charge on any atom is -0.508 e. The molecule has 7 aliphatic rings. The predicted octanol–water partition coefficient (Wildman–Crippen LogP) is 10.7. The fraction of sp³-hybridized carbons (Fsp3) is 0.567. The zero-order valence-corrected chi connectivity index (χ0v) is 41.3. The molecule has 69 heavy (non-hydrogen) atoms. The highest BCUT2D eigenvalue weighted by atomic mass is 16.5. The van der Waals surface area contributed by atoms with Gasteiger partial charge in [-0.2, -0.15) is 0 Å². The van der Waals surface area contributed by atoms with E-state index in [2.05, 4.69) is 61.3 Å². The number of aryl methyl sites for hydroxylation is 2. The van der Waals surface area contributed by atoms with Gasteiger partial charge in [-0.25, -0.2) is 4.99 Å². The van der Waals surface area contributed by atoms with Crippen LogP contribution in [0, 0.1) is 41.4 Å². The number of carbonyl (C=O) groups is 1. The number of phenols is 2. The summed E-state index contributed by atoms with van der Waals surface area (Å²) in [7, 11) is 1.79. The van der Waals surface area contributed by atoms with Crippen LogP contribution < -0.4 is 15.8 Å². The van der Waals surface area contributed by atoms with Crippen LogP contribution in [0.3, 0.4) is 0 Å². The van der Waals surface area contributed by atoms with Crippen molar-refractivity contribution in [3.05, 3.63) is 110 Å². The van der Waals surface area contributed by atoms with Crippen LogP contribution in [-0.4, -0.2) is 59.5 Å². The molecule has 9 nitrogen and oxygen atoms in total. The molecule has 6 N–H and O–H groups in total. The Balaban J connectivity index is 1.19. The minimum absolute atomic E-state index is 0.000180. The zero-order valence-electron chi connectivity index (χ0n) is 41.3. The monoisotopic (exact) mass is 934 g/mol. The fourth-order valence-electron chi connectivity index (χ4n) is 14.5. The molecule has 9 heteroatoms. The Morgan fingerprint density at radius 3 is 2.65 bits per heavy atom. The Bertz CT molecular complexity index is 2580. The average molecular weight is 934 g/mol. The molecule has 8 bridgehead atoms. The van der Waals surface area contributed by atoms with Crippen molar-refractivity contribution in [1.82, 2.24) is 5.32 Å². The van der Waals surface area contributed by atoms with Crippen molar-refractivity contribution in [1.29, 1.82) is 0 Å².